The highest BCUT2D eigenvalue weighted by Crippen LogP contribution is 2.11. The van der Waals surface area contributed by atoms with Crippen LogP contribution in [0, 0.1) is 5.92 Å². The van der Waals surface area contributed by atoms with E-state index in [4.69, 9.17) is 29.6 Å². The molecule has 0 bridgehead atoms. The Hall–Kier alpha value is -1.13. The first-order valence-corrected chi connectivity index (χ1v) is 7.04. The molecule has 0 aliphatic heterocycles. The number of hydrogen-bond acceptors (Lipinski definition) is 2. The van der Waals surface area contributed by atoms with Crippen molar-refractivity contribution in [1.82, 2.24) is 4.90 Å². The molecule has 1 unspecified atom stereocenters. The zero-order valence-electron chi connectivity index (χ0n) is 11.2. The molecule has 0 spiro atoms. The topological polar surface area (TPSA) is 46.3 Å². The maximum absolute atomic E-state index is 12.2. The second-order valence-corrected chi connectivity index (χ2v) is 5.45. The third-order valence-corrected chi connectivity index (χ3v) is 3.64. The fourth-order valence-corrected chi connectivity index (χ4v) is 1.92. The van der Waals surface area contributed by atoms with Crippen molar-refractivity contribution >= 4 is 34.7 Å². The van der Waals surface area contributed by atoms with E-state index < -0.39 is 0 Å². The number of nitrogens with zero attached hydrogens (tertiary/aromatic N) is 1. The number of rotatable bonds is 6. The molecule has 0 heterocycles. The van der Waals surface area contributed by atoms with Crippen molar-refractivity contribution < 1.29 is 4.79 Å². The average Bonchev–Trinajstić information content (AvgIpc) is 2.38. The minimum absolute atomic E-state index is 0.0316. The Morgan fingerprint density at radius 2 is 2.00 bits per heavy atom. The van der Waals surface area contributed by atoms with E-state index in [1.54, 1.807) is 17.0 Å². The van der Waals surface area contributed by atoms with Crippen LogP contribution in [0.1, 0.15) is 19.4 Å². The molecule has 1 aromatic rings. The molecule has 0 saturated heterocycles. The van der Waals surface area contributed by atoms with Gasteiger partial charge >= 0.3 is 0 Å². The number of benzene rings is 1. The minimum Gasteiger partial charge on any atom is -0.393 e. The molecule has 1 amide bonds. The Morgan fingerprint density at radius 3 is 2.47 bits per heavy atom. The van der Waals surface area contributed by atoms with Gasteiger partial charge in [-0.05, 0) is 24.6 Å². The van der Waals surface area contributed by atoms with Crippen LogP contribution < -0.4 is 5.73 Å². The predicted molar refractivity (Wildman–Crippen MR) is 83.4 cm³/mol. The number of likely N-dealkylation sites (N-methyl/N-ethyl adjacent to an activating group) is 1. The monoisotopic (exact) mass is 298 g/mol. The minimum atomic E-state index is 0.0316. The zero-order chi connectivity index (χ0) is 14.4. The Kier molecular flexibility index (Phi) is 6.25. The molecule has 5 heteroatoms. The standard InChI is InChI=1S/C14H19ClN2OS/c1-3-17(9-10(2)14(16)19)13(18)8-11-4-6-12(15)7-5-11/h4-7,10H,3,8-9H2,1-2H3,(H2,16,19). The normalized spacial score (nSPS) is 11.9. The maximum atomic E-state index is 12.2. The van der Waals surface area contributed by atoms with E-state index in [0.717, 1.165) is 5.56 Å². The van der Waals surface area contributed by atoms with Crippen LogP contribution >= 0.6 is 23.8 Å². The van der Waals surface area contributed by atoms with Gasteiger partial charge in [0.1, 0.15) is 0 Å². The van der Waals surface area contributed by atoms with Crippen molar-refractivity contribution in [1.29, 1.82) is 0 Å². The number of thiocarbonyl (C=S) groups is 1. The van der Waals surface area contributed by atoms with Gasteiger partial charge in [0.05, 0.1) is 11.4 Å². The lowest BCUT2D eigenvalue weighted by molar-refractivity contribution is -0.130. The van der Waals surface area contributed by atoms with Gasteiger partial charge in [0, 0.05) is 24.0 Å². The van der Waals surface area contributed by atoms with Crippen molar-refractivity contribution in [3.8, 4) is 0 Å². The summed E-state index contributed by atoms with van der Waals surface area (Å²) in [5, 5.41) is 0.672. The summed E-state index contributed by atoms with van der Waals surface area (Å²) in [5.41, 5.74) is 6.54. The number of halogens is 1. The molecule has 0 aliphatic carbocycles. The zero-order valence-corrected chi connectivity index (χ0v) is 12.8. The van der Waals surface area contributed by atoms with Gasteiger partial charge in [-0.25, -0.2) is 0 Å². The van der Waals surface area contributed by atoms with E-state index in [2.05, 4.69) is 0 Å². The van der Waals surface area contributed by atoms with Crippen molar-refractivity contribution in [3.63, 3.8) is 0 Å². The van der Waals surface area contributed by atoms with E-state index in [0.29, 0.717) is 29.5 Å². The second-order valence-electron chi connectivity index (χ2n) is 4.54. The molecule has 1 atom stereocenters. The Labute approximate surface area is 124 Å². The summed E-state index contributed by atoms with van der Waals surface area (Å²) in [7, 11) is 0. The summed E-state index contributed by atoms with van der Waals surface area (Å²) >= 11 is 10.8. The van der Waals surface area contributed by atoms with E-state index in [-0.39, 0.29) is 11.8 Å². The molecule has 0 radical (unpaired) electrons. The van der Waals surface area contributed by atoms with Gasteiger partial charge < -0.3 is 10.6 Å². The highest BCUT2D eigenvalue weighted by atomic mass is 35.5. The lowest BCUT2D eigenvalue weighted by Gasteiger charge is -2.24. The molecular weight excluding hydrogens is 280 g/mol. The fraction of sp³-hybridized carbons (Fsp3) is 0.429. The molecule has 0 fully saturated rings. The molecule has 1 aromatic carbocycles. The molecule has 0 aromatic heterocycles. The van der Waals surface area contributed by atoms with Crippen LogP contribution in [0.3, 0.4) is 0 Å². The maximum Gasteiger partial charge on any atom is 0.227 e. The van der Waals surface area contributed by atoms with Gasteiger partial charge in [-0.3, -0.25) is 4.79 Å². The molecule has 104 valence electrons. The van der Waals surface area contributed by atoms with E-state index in [1.165, 1.54) is 0 Å². The highest BCUT2D eigenvalue weighted by Gasteiger charge is 2.16. The first-order valence-electron chi connectivity index (χ1n) is 6.25. The van der Waals surface area contributed by atoms with Crippen LogP contribution in [0.2, 0.25) is 5.02 Å². The molecule has 0 saturated carbocycles. The first kappa shape index (κ1) is 15.9. The number of carbonyl (C=O) groups excluding carboxylic acids is 1. The molecule has 3 nitrogen and oxygen atoms in total. The van der Waals surface area contributed by atoms with Gasteiger partial charge in [0.25, 0.3) is 0 Å². The van der Waals surface area contributed by atoms with Crippen molar-refractivity contribution in [3.05, 3.63) is 34.9 Å². The largest absolute Gasteiger partial charge is 0.393 e. The third kappa shape index (κ3) is 5.17. The molecule has 0 aliphatic rings. The quantitative estimate of drug-likeness (QED) is 0.821. The number of carbonyl (C=O) groups is 1. The van der Waals surface area contributed by atoms with Crippen molar-refractivity contribution in [2.24, 2.45) is 11.7 Å². The van der Waals surface area contributed by atoms with Gasteiger partial charge in [0.2, 0.25) is 5.91 Å². The summed E-state index contributed by atoms with van der Waals surface area (Å²) in [6.07, 6.45) is 0.370. The van der Waals surface area contributed by atoms with Gasteiger partial charge in [-0.15, -0.1) is 0 Å². The number of amides is 1. The second kappa shape index (κ2) is 7.46. The van der Waals surface area contributed by atoms with Crippen LogP contribution in [-0.4, -0.2) is 28.9 Å². The van der Waals surface area contributed by atoms with Crippen LogP contribution in [0.15, 0.2) is 24.3 Å². The summed E-state index contributed by atoms with van der Waals surface area (Å²) in [5.74, 6) is 0.108. The highest BCUT2D eigenvalue weighted by molar-refractivity contribution is 7.80. The van der Waals surface area contributed by atoms with E-state index >= 15 is 0 Å². The molecule has 1 rings (SSSR count). The fourth-order valence-electron chi connectivity index (χ4n) is 1.72. The van der Waals surface area contributed by atoms with Crippen LogP contribution in [-0.2, 0) is 11.2 Å². The van der Waals surface area contributed by atoms with Crippen LogP contribution in [0.5, 0.6) is 0 Å². The summed E-state index contributed by atoms with van der Waals surface area (Å²) in [6.45, 7) is 5.10. The van der Waals surface area contributed by atoms with Crippen molar-refractivity contribution in [2.45, 2.75) is 20.3 Å². The van der Waals surface area contributed by atoms with E-state index in [1.807, 2.05) is 26.0 Å². The summed E-state index contributed by atoms with van der Waals surface area (Å²) in [4.78, 5) is 14.4. The van der Waals surface area contributed by atoms with Crippen LogP contribution in [0.4, 0.5) is 0 Å². The lowest BCUT2D eigenvalue weighted by Crippen LogP contribution is -2.38. The third-order valence-electron chi connectivity index (χ3n) is 2.98. The number of nitrogens with two attached hydrogens (primary N) is 1. The number of hydrogen-bond donors (Lipinski definition) is 1. The Morgan fingerprint density at radius 1 is 1.42 bits per heavy atom. The van der Waals surface area contributed by atoms with Crippen LogP contribution in [0.25, 0.3) is 0 Å². The summed E-state index contributed by atoms with van der Waals surface area (Å²) < 4.78 is 0. The van der Waals surface area contributed by atoms with Gasteiger partial charge in [-0.1, -0.05) is 42.9 Å². The van der Waals surface area contributed by atoms with E-state index in [9.17, 15) is 4.79 Å². The smallest absolute Gasteiger partial charge is 0.227 e. The molecule has 2 N–H and O–H groups in total. The van der Waals surface area contributed by atoms with Crippen molar-refractivity contribution in [2.75, 3.05) is 13.1 Å². The average molecular weight is 299 g/mol. The Bertz CT molecular complexity index is 447. The van der Waals surface area contributed by atoms with Gasteiger partial charge in [0.15, 0.2) is 0 Å². The predicted octanol–water partition coefficient (Wildman–Crippen LogP) is 2.65. The molecule has 19 heavy (non-hydrogen) atoms. The van der Waals surface area contributed by atoms with Gasteiger partial charge in [-0.2, -0.15) is 0 Å². The summed E-state index contributed by atoms with van der Waals surface area (Å²) in [6, 6.07) is 7.31. The Balaban J connectivity index is 2.63. The lowest BCUT2D eigenvalue weighted by atomic mass is 10.1. The SMILES string of the molecule is CCN(CC(C)C(N)=S)C(=O)Cc1ccc(Cl)cc1. The first-order chi connectivity index (χ1) is 8.93. The molecular formula is C14H19ClN2OS.